The molecule has 0 aromatic heterocycles. The minimum Gasteiger partial charge on any atom is -0.486 e. The molecule has 4 aromatic carbocycles. The Kier molecular flexibility index (Phi) is 9.61. The third kappa shape index (κ3) is 7.62. The van der Waals surface area contributed by atoms with Crippen LogP contribution in [-0.2, 0) is 18.9 Å². The number of nitro groups is 1. The number of nitrogens with zero attached hydrogens (tertiary/aromatic N) is 1. The number of hydrogen-bond donors (Lipinski definition) is 0. The summed E-state index contributed by atoms with van der Waals surface area (Å²) < 4.78 is 31.3. The number of fused-ring (bicyclic) bond motifs is 2. The first-order valence-electron chi connectivity index (χ1n) is 15.0. The van der Waals surface area contributed by atoms with E-state index < -0.39 is 40.7 Å². The molecule has 2 aliphatic rings. The predicted octanol–water partition coefficient (Wildman–Crippen LogP) is 4.86. The standard InChI is InChI=1S/C36H23NO14/c38-31(22-6-10-25-27(18-22)35(42)50-33(25)40)48-15-13-46-29-12-5-21(2-1-20-3-8-24(9-4-20)37(44)45)17-30(29)47-14-16-49-32(39)23-7-11-26-28(19-23)36(43)51-34(26)41/h1-12,17-19H,13-16H2/b2-1+. The summed E-state index contributed by atoms with van der Waals surface area (Å²) in [7, 11) is 0. The zero-order valence-corrected chi connectivity index (χ0v) is 26.2. The summed E-state index contributed by atoms with van der Waals surface area (Å²) >= 11 is 0. The molecule has 0 saturated carbocycles. The zero-order valence-electron chi connectivity index (χ0n) is 26.2. The van der Waals surface area contributed by atoms with Crippen LogP contribution in [0.1, 0.15) is 73.3 Å². The van der Waals surface area contributed by atoms with E-state index in [1.165, 1.54) is 48.5 Å². The Morgan fingerprint density at radius 1 is 0.569 bits per heavy atom. The van der Waals surface area contributed by atoms with Crippen molar-refractivity contribution in [3.63, 3.8) is 0 Å². The average Bonchev–Trinajstić information content (AvgIpc) is 3.59. The molecule has 0 amide bonds. The van der Waals surface area contributed by atoms with Crippen LogP contribution in [0.5, 0.6) is 11.5 Å². The smallest absolute Gasteiger partial charge is 0.346 e. The summed E-state index contributed by atoms with van der Waals surface area (Å²) in [5.41, 5.74) is 1.43. The normalized spacial score (nSPS) is 12.9. The number of benzene rings is 4. The summed E-state index contributed by atoms with van der Waals surface area (Å²) in [6, 6.07) is 18.6. The molecular weight excluding hydrogens is 670 g/mol. The fourth-order valence-electron chi connectivity index (χ4n) is 4.92. The largest absolute Gasteiger partial charge is 0.486 e. The lowest BCUT2D eigenvalue weighted by Gasteiger charge is -2.14. The lowest BCUT2D eigenvalue weighted by molar-refractivity contribution is -0.384. The molecule has 0 spiro atoms. The monoisotopic (exact) mass is 693 g/mol. The molecule has 2 aliphatic heterocycles. The molecule has 0 fully saturated rings. The third-order valence-corrected chi connectivity index (χ3v) is 7.45. The molecule has 0 radical (unpaired) electrons. The fourth-order valence-corrected chi connectivity index (χ4v) is 4.92. The van der Waals surface area contributed by atoms with Crippen molar-refractivity contribution >= 4 is 53.7 Å². The van der Waals surface area contributed by atoms with Gasteiger partial charge in [0, 0.05) is 12.1 Å². The summed E-state index contributed by atoms with van der Waals surface area (Å²) in [5.74, 6) is -4.33. The van der Waals surface area contributed by atoms with Crippen LogP contribution in [0.2, 0.25) is 0 Å². The molecule has 15 nitrogen and oxygen atoms in total. The summed E-state index contributed by atoms with van der Waals surface area (Å²) in [4.78, 5) is 82.6. The number of carbonyl (C=O) groups excluding carboxylic acids is 6. The van der Waals surface area contributed by atoms with Gasteiger partial charge in [-0.2, -0.15) is 0 Å². The molecule has 2 heterocycles. The van der Waals surface area contributed by atoms with E-state index in [9.17, 15) is 38.9 Å². The van der Waals surface area contributed by atoms with Gasteiger partial charge in [0.1, 0.15) is 26.4 Å². The molecule has 6 rings (SSSR count). The molecule has 15 heteroatoms. The van der Waals surface area contributed by atoms with Crippen LogP contribution in [0.4, 0.5) is 5.69 Å². The first kappa shape index (κ1) is 33.7. The molecule has 51 heavy (non-hydrogen) atoms. The number of hydrogen-bond acceptors (Lipinski definition) is 14. The van der Waals surface area contributed by atoms with Crippen LogP contribution in [0.15, 0.2) is 78.9 Å². The number of nitro benzene ring substituents is 1. The van der Waals surface area contributed by atoms with E-state index in [-0.39, 0.29) is 77.0 Å². The lowest BCUT2D eigenvalue weighted by Crippen LogP contribution is -2.15. The Balaban J connectivity index is 1.08. The van der Waals surface area contributed by atoms with Crippen molar-refractivity contribution in [2.24, 2.45) is 0 Å². The first-order valence-corrected chi connectivity index (χ1v) is 15.0. The molecule has 0 unspecified atom stereocenters. The van der Waals surface area contributed by atoms with Crippen molar-refractivity contribution in [2.75, 3.05) is 26.4 Å². The average molecular weight is 694 g/mol. The Bertz CT molecular complexity index is 2150. The summed E-state index contributed by atoms with van der Waals surface area (Å²) in [5, 5.41) is 10.9. The molecule has 0 saturated heterocycles. The van der Waals surface area contributed by atoms with Gasteiger partial charge in [-0.05, 0) is 71.8 Å². The maximum absolute atomic E-state index is 12.6. The molecule has 0 N–H and O–H groups in total. The second-order valence-electron chi connectivity index (χ2n) is 10.7. The molecule has 256 valence electrons. The number of non-ortho nitro benzene ring substituents is 1. The highest BCUT2D eigenvalue weighted by molar-refractivity contribution is 6.16. The van der Waals surface area contributed by atoms with Crippen molar-refractivity contribution in [3.05, 3.63) is 133 Å². The van der Waals surface area contributed by atoms with E-state index in [0.717, 1.165) is 0 Å². The van der Waals surface area contributed by atoms with Gasteiger partial charge in [0.2, 0.25) is 0 Å². The van der Waals surface area contributed by atoms with Crippen molar-refractivity contribution in [2.45, 2.75) is 0 Å². The van der Waals surface area contributed by atoms with E-state index in [1.807, 2.05) is 0 Å². The van der Waals surface area contributed by atoms with Crippen LogP contribution in [0, 0.1) is 10.1 Å². The Morgan fingerprint density at radius 3 is 1.57 bits per heavy atom. The summed E-state index contributed by atoms with van der Waals surface area (Å²) in [6.07, 6.45) is 3.47. The van der Waals surface area contributed by atoms with Crippen LogP contribution >= 0.6 is 0 Å². The van der Waals surface area contributed by atoms with Gasteiger partial charge in [-0.3, -0.25) is 10.1 Å². The number of ether oxygens (including phenoxy) is 6. The second kappa shape index (κ2) is 14.5. The molecule has 0 bridgehead atoms. The predicted molar refractivity (Wildman–Crippen MR) is 172 cm³/mol. The molecular formula is C36H23NO14. The third-order valence-electron chi connectivity index (χ3n) is 7.45. The van der Waals surface area contributed by atoms with Crippen molar-refractivity contribution in [1.82, 2.24) is 0 Å². The fraction of sp³-hybridized carbons (Fsp3) is 0.111. The first-order chi connectivity index (χ1) is 24.6. The van der Waals surface area contributed by atoms with Gasteiger partial charge in [-0.1, -0.05) is 18.2 Å². The van der Waals surface area contributed by atoms with E-state index in [1.54, 1.807) is 42.5 Å². The minimum absolute atomic E-state index is 0.0330. The molecule has 0 atom stereocenters. The van der Waals surface area contributed by atoms with E-state index in [4.69, 9.17) is 18.9 Å². The van der Waals surface area contributed by atoms with Crippen LogP contribution in [0.3, 0.4) is 0 Å². The van der Waals surface area contributed by atoms with Crippen molar-refractivity contribution in [1.29, 1.82) is 0 Å². The van der Waals surface area contributed by atoms with Crippen LogP contribution in [0.25, 0.3) is 12.2 Å². The lowest BCUT2D eigenvalue weighted by atomic mass is 10.1. The maximum Gasteiger partial charge on any atom is 0.346 e. The number of esters is 6. The molecule has 4 aromatic rings. The van der Waals surface area contributed by atoms with Crippen molar-refractivity contribution in [3.8, 4) is 11.5 Å². The van der Waals surface area contributed by atoms with Gasteiger partial charge in [0.25, 0.3) is 5.69 Å². The van der Waals surface area contributed by atoms with Gasteiger partial charge in [0.05, 0.1) is 38.3 Å². The minimum atomic E-state index is -0.856. The number of carbonyl (C=O) groups is 6. The van der Waals surface area contributed by atoms with E-state index in [0.29, 0.717) is 11.1 Å². The quantitative estimate of drug-likeness (QED) is 0.0349. The number of rotatable bonds is 13. The van der Waals surface area contributed by atoms with Crippen LogP contribution in [-0.4, -0.2) is 67.2 Å². The second-order valence-corrected chi connectivity index (χ2v) is 10.7. The van der Waals surface area contributed by atoms with Gasteiger partial charge in [-0.15, -0.1) is 0 Å². The maximum atomic E-state index is 12.6. The highest BCUT2D eigenvalue weighted by atomic mass is 16.6. The topological polar surface area (TPSA) is 201 Å². The van der Waals surface area contributed by atoms with Gasteiger partial charge >= 0.3 is 35.8 Å². The molecule has 0 aliphatic carbocycles. The SMILES string of the molecule is O=C(OCCOc1ccc(/C=C/c2ccc([N+](=O)[O-])cc2)cc1OCCOC(=O)c1ccc2c(c1)C(=O)OC2=O)c1ccc2c(c1)C(=O)OC2=O. The summed E-state index contributed by atoms with van der Waals surface area (Å²) in [6.45, 7) is -0.637. The van der Waals surface area contributed by atoms with Gasteiger partial charge < -0.3 is 28.4 Å². The Labute approximate surface area is 287 Å². The Hall–Kier alpha value is -7.16. The Morgan fingerprint density at radius 2 is 1.04 bits per heavy atom. The zero-order chi connectivity index (χ0) is 36.1. The van der Waals surface area contributed by atoms with Gasteiger partial charge in [-0.25, -0.2) is 28.8 Å². The number of cyclic esters (lactones) is 4. The highest BCUT2D eigenvalue weighted by Gasteiger charge is 2.31. The highest BCUT2D eigenvalue weighted by Crippen LogP contribution is 2.30. The van der Waals surface area contributed by atoms with E-state index >= 15 is 0 Å². The van der Waals surface area contributed by atoms with Crippen LogP contribution < -0.4 is 9.47 Å². The van der Waals surface area contributed by atoms with Gasteiger partial charge in [0.15, 0.2) is 11.5 Å². The van der Waals surface area contributed by atoms with Crippen molar-refractivity contribution < 1.29 is 62.1 Å². The van der Waals surface area contributed by atoms with E-state index in [2.05, 4.69) is 9.47 Å².